The Morgan fingerprint density at radius 3 is 2.73 bits per heavy atom. The molecule has 0 aliphatic carbocycles. The molecule has 14 heteroatoms. The predicted octanol–water partition coefficient (Wildman–Crippen LogP) is -1.76. The molecular formula is C12H10N6O6S2. The number of nitrogens with two attached hydrogens (primary N) is 1. The molecular weight excluding hydrogens is 388 g/mol. The maximum Gasteiger partial charge on any atom is 0.353 e. The van der Waals surface area contributed by atoms with E-state index in [9.17, 15) is 24.3 Å². The third-order valence-corrected chi connectivity index (χ3v) is 5.44. The summed E-state index contributed by atoms with van der Waals surface area (Å²) in [5.74, 6) is -3.16. The van der Waals surface area contributed by atoms with Crippen LogP contribution in [0.4, 0.5) is 5.13 Å². The van der Waals surface area contributed by atoms with Crippen LogP contribution in [-0.4, -0.2) is 71.5 Å². The Balaban J connectivity index is 1.78. The molecule has 2 amide bonds. The molecule has 0 bridgehead atoms. The van der Waals surface area contributed by atoms with Crippen molar-refractivity contribution in [2.24, 2.45) is 5.16 Å². The van der Waals surface area contributed by atoms with E-state index >= 15 is 0 Å². The van der Waals surface area contributed by atoms with Crippen LogP contribution < -0.4 is 11.1 Å². The molecule has 1 aromatic heterocycles. The number of carboxylic acids is 1. The number of β-lactam (4-membered cyclic amide) rings is 1. The average molecular weight is 398 g/mol. The number of oxime groups is 1. The Morgan fingerprint density at radius 2 is 2.19 bits per heavy atom. The van der Waals surface area contributed by atoms with E-state index < -0.39 is 40.6 Å². The van der Waals surface area contributed by atoms with Crippen LogP contribution in [-0.2, 0) is 19.2 Å². The highest BCUT2D eigenvalue weighted by atomic mass is 32.2. The van der Waals surface area contributed by atoms with E-state index in [1.165, 1.54) is 0 Å². The maximum atomic E-state index is 12.3. The maximum absolute atomic E-state index is 12.3. The van der Waals surface area contributed by atoms with Gasteiger partial charge in [-0.25, -0.2) is 4.79 Å². The van der Waals surface area contributed by atoms with Crippen LogP contribution in [0.5, 0.6) is 0 Å². The van der Waals surface area contributed by atoms with Crippen LogP contribution in [0.2, 0.25) is 0 Å². The van der Waals surface area contributed by atoms with Crippen molar-refractivity contribution in [2.45, 2.75) is 11.4 Å². The quantitative estimate of drug-likeness (QED) is 0.145. The van der Waals surface area contributed by atoms with Gasteiger partial charge < -0.3 is 21.4 Å². The predicted molar refractivity (Wildman–Crippen MR) is 88.4 cm³/mol. The van der Waals surface area contributed by atoms with Gasteiger partial charge >= 0.3 is 5.97 Å². The number of nitrogens with zero attached hydrogens (tertiary/aromatic N) is 4. The van der Waals surface area contributed by atoms with Crippen molar-refractivity contribution >= 4 is 58.2 Å². The highest BCUT2D eigenvalue weighted by Crippen LogP contribution is 2.39. The summed E-state index contributed by atoms with van der Waals surface area (Å²) < 4.78 is 3.75. The van der Waals surface area contributed by atoms with Gasteiger partial charge in [0.15, 0.2) is 5.13 Å². The lowest BCUT2D eigenvalue weighted by atomic mass is 10.0. The monoisotopic (exact) mass is 398 g/mol. The molecule has 3 heterocycles. The van der Waals surface area contributed by atoms with Crippen LogP contribution in [0.25, 0.3) is 0 Å². The van der Waals surface area contributed by atoms with E-state index in [1.54, 1.807) is 0 Å². The first kappa shape index (κ1) is 17.8. The Morgan fingerprint density at radius 1 is 1.46 bits per heavy atom. The summed E-state index contributed by atoms with van der Waals surface area (Å²) in [4.78, 5) is 51.6. The Bertz CT molecular complexity index is 879. The van der Waals surface area contributed by atoms with E-state index in [-0.39, 0.29) is 22.3 Å². The van der Waals surface area contributed by atoms with E-state index in [1.807, 2.05) is 0 Å². The standard InChI is InChI=1S/C12H10N6O6S2/c13-12-15-7(17-26-12)4(16-24)8(20)14-5-9(21)18-6(11(22)23)3(1-19)2-25-10(5)18/h1,5,10,24H,2H2,(H,14,20)(H,22,23)(H2,13,15,17)/b16-4+. The van der Waals surface area contributed by atoms with Gasteiger partial charge in [-0.15, -0.1) is 11.8 Å². The minimum Gasteiger partial charge on any atom is -0.477 e. The normalized spacial score (nSPS) is 22.5. The number of nitrogens with one attached hydrogen (secondary N) is 1. The number of carboxylic acid groups (broad SMARTS) is 1. The molecule has 2 aliphatic rings. The number of thioether (sulfide) groups is 1. The van der Waals surface area contributed by atoms with Gasteiger partial charge in [0.25, 0.3) is 11.8 Å². The van der Waals surface area contributed by atoms with Crippen molar-refractivity contribution in [3.63, 3.8) is 0 Å². The van der Waals surface area contributed by atoms with Crippen LogP contribution in [0.3, 0.4) is 0 Å². The second-order valence-corrected chi connectivity index (χ2v) is 6.95. The average Bonchev–Trinajstić information content (AvgIpc) is 3.04. The fraction of sp³-hybridized carbons (Fsp3) is 0.250. The van der Waals surface area contributed by atoms with E-state index in [4.69, 9.17) is 10.9 Å². The van der Waals surface area contributed by atoms with Crippen molar-refractivity contribution in [2.75, 3.05) is 11.5 Å². The summed E-state index contributed by atoms with van der Waals surface area (Å²) in [6.45, 7) is 0. The third-order valence-electron chi connectivity index (χ3n) is 3.60. The zero-order chi connectivity index (χ0) is 19.0. The number of hydrogen-bond donors (Lipinski definition) is 4. The number of nitrogen functional groups attached to an aromatic ring is 1. The number of fused-ring (bicyclic) bond motifs is 1. The molecule has 1 fully saturated rings. The van der Waals surface area contributed by atoms with Crippen LogP contribution in [0.15, 0.2) is 16.4 Å². The molecule has 136 valence electrons. The molecule has 0 spiro atoms. The Kier molecular flexibility index (Phi) is 4.60. The Labute approximate surface area is 152 Å². The lowest BCUT2D eigenvalue weighted by Gasteiger charge is -2.48. The fourth-order valence-electron chi connectivity index (χ4n) is 2.47. The van der Waals surface area contributed by atoms with Gasteiger partial charge in [0.2, 0.25) is 11.5 Å². The molecule has 0 saturated carbocycles. The molecule has 2 atom stereocenters. The second-order valence-electron chi connectivity index (χ2n) is 5.06. The molecule has 3 rings (SSSR count). The molecule has 5 N–H and O–H groups in total. The number of aromatic nitrogens is 2. The first-order valence-electron chi connectivity index (χ1n) is 6.87. The van der Waals surface area contributed by atoms with Gasteiger partial charge in [0.05, 0.1) is 0 Å². The van der Waals surface area contributed by atoms with Gasteiger partial charge in [0.1, 0.15) is 23.4 Å². The van der Waals surface area contributed by atoms with E-state index in [0.717, 1.165) is 28.2 Å². The van der Waals surface area contributed by atoms with E-state index in [0.29, 0.717) is 6.29 Å². The van der Waals surface area contributed by atoms with Gasteiger partial charge in [-0.05, 0) is 0 Å². The number of rotatable bonds is 5. The number of amides is 2. The molecule has 1 saturated heterocycles. The minimum absolute atomic E-state index is 0.0170. The van der Waals surface area contributed by atoms with Crippen molar-refractivity contribution in [3.05, 3.63) is 17.1 Å². The van der Waals surface area contributed by atoms with Crippen molar-refractivity contribution in [3.8, 4) is 0 Å². The smallest absolute Gasteiger partial charge is 0.353 e. The first-order valence-corrected chi connectivity index (χ1v) is 8.70. The number of carbonyl (C=O) groups excluding carboxylic acids is 3. The van der Waals surface area contributed by atoms with Crippen molar-refractivity contribution in [1.82, 2.24) is 19.6 Å². The van der Waals surface area contributed by atoms with Crippen molar-refractivity contribution in [1.29, 1.82) is 0 Å². The number of aldehydes is 1. The lowest BCUT2D eigenvalue weighted by Crippen LogP contribution is -2.71. The SMILES string of the molecule is Nc1nc(/C(=N\O)C(=O)NC2C(=O)N3C(C(=O)O)=C(C=O)CSC23)ns1. The summed E-state index contributed by atoms with van der Waals surface area (Å²) in [7, 11) is 0. The van der Waals surface area contributed by atoms with Crippen LogP contribution in [0.1, 0.15) is 5.82 Å². The number of carbonyl (C=O) groups is 4. The molecule has 1 aromatic rings. The largest absolute Gasteiger partial charge is 0.477 e. The molecule has 26 heavy (non-hydrogen) atoms. The van der Waals surface area contributed by atoms with Gasteiger partial charge in [-0.2, -0.15) is 9.36 Å². The minimum atomic E-state index is -1.41. The fourth-order valence-corrected chi connectivity index (χ4v) is 4.19. The number of anilines is 1. The van der Waals surface area contributed by atoms with Crippen LogP contribution >= 0.6 is 23.3 Å². The van der Waals surface area contributed by atoms with E-state index in [2.05, 4.69) is 19.8 Å². The van der Waals surface area contributed by atoms with Gasteiger partial charge in [-0.1, -0.05) is 5.16 Å². The highest BCUT2D eigenvalue weighted by Gasteiger charge is 2.54. The summed E-state index contributed by atoms with van der Waals surface area (Å²) in [6.07, 6.45) is 0.390. The lowest BCUT2D eigenvalue weighted by molar-refractivity contribution is -0.150. The number of hydrogen-bond acceptors (Lipinski definition) is 11. The van der Waals surface area contributed by atoms with Crippen molar-refractivity contribution < 1.29 is 29.5 Å². The summed E-state index contributed by atoms with van der Waals surface area (Å²) in [5.41, 5.74) is 4.46. The van der Waals surface area contributed by atoms with Gasteiger partial charge in [0, 0.05) is 22.9 Å². The summed E-state index contributed by atoms with van der Waals surface area (Å²) >= 11 is 1.92. The summed E-state index contributed by atoms with van der Waals surface area (Å²) in [6, 6.07) is -1.05. The summed E-state index contributed by atoms with van der Waals surface area (Å²) in [5, 5.41) is 22.8. The number of aliphatic carboxylic acids is 1. The zero-order valence-electron chi connectivity index (χ0n) is 12.6. The third kappa shape index (κ3) is 2.78. The molecule has 2 unspecified atom stereocenters. The molecule has 2 aliphatic heterocycles. The Hall–Kier alpha value is -3.00. The highest BCUT2D eigenvalue weighted by molar-refractivity contribution is 8.00. The zero-order valence-corrected chi connectivity index (χ0v) is 14.3. The molecule has 12 nitrogen and oxygen atoms in total. The molecule has 0 radical (unpaired) electrons. The first-order chi connectivity index (χ1) is 12.4. The topological polar surface area (TPSA) is 188 Å². The second kappa shape index (κ2) is 6.72. The molecule has 0 aromatic carbocycles. The van der Waals surface area contributed by atoms with Crippen LogP contribution in [0, 0.1) is 0 Å². The van der Waals surface area contributed by atoms with Gasteiger partial charge in [-0.3, -0.25) is 19.3 Å².